The first-order valence-corrected chi connectivity index (χ1v) is 7.91. The summed E-state index contributed by atoms with van der Waals surface area (Å²) < 4.78 is 0. The van der Waals surface area contributed by atoms with Gasteiger partial charge in [-0.15, -0.1) is 0 Å². The molecule has 0 radical (unpaired) electrons. The van der Waals surface area contributed by atoms with E-state index in [1.165, 1.54) is 36.7 Å². The normalized spacial score (nSPS) is 17.3. The highest BCUT2D eigenvalue weighted by atomic mass is 35.5. The Kier molecular flexibility index (Phi) is 5.49. The van der Waals surface area contributed by atoms with E-state index in [2.05, 4.69) is 16.7 Å². The van der Waals surface area contributed by atoms with E-state index < -0.39 is 0 Å². The van der Waals surface area contributed by atoms with Crippen LogP contribution in [0.4, 0.5) is 0 Å². The molecule has 1 fully saturated rings. The molecule has 0 unspecified atom stereocenters. The van der Waals surface area contributed by atoms with Crippen LogP contribution >= 0.6 is 35.0 Å². The van der Waals surface area contributed by atoms with Gasteiger partial charge in [0.15, 0.2) is 0 Å². The van der Waals surface area contributed by atoms with E-state index in [9.17, 15) is 0 Å². The van der Waals surface area contributed by atoms with Crippen LogP contribution in [-0.2, 0) is 6.42 Å². The SMILES string of the molecule is Clc1ccc(Cl)c(CCCN2CCSCC2)c1. The van der Waals surface area contributed by atoms with E-state index in [-0.39, 0.29) is 0 Å². The Balaban J connectivity index is 1.79. The van der Waals surface area contributed by atoms with Gasteiger partial charge >= 0.3 is 0 Å². The zero-order valence-electron chi connectivity index (χ0n) is 9.79. The molecule has 1 aromatic rings. The molecule has 94 valence electrons. The number of hydrogen-bond donors (Lipinski definition) is 0. The maximum absolute atomic E-state index is 6.14. The maximum atomic E-state index is 6.14. The van der Waals surface area contributed by atoms with Crippen LogP contribution in [-0.4, -0.2) is 36.0 Å². The van der Waals surface area contributed by atoms with Crippen molar-refractivity contribution < 1.29 is 0 Å². The van der Waals surface area contributed by atoms with Crippen molar-refractivity contribution in [3.63, 3.8) is 0 Å². The summed E-state index contributed by atoms with van der Waals surface area (Å²) in [6.07, 6.45) is 2.17. The average molecular weight is 290 g/mol. The molecule has 17 heavy (non-hydrogen) atoms. The van der Waals surface area contributed by atoms with Gasteiger partial charge in [-0.3, -0.25) is 0 Å². The third kappa shape index (κ3) is 4.36. The minimum atomic E-state index is 0.777. The summed E-state index contributed by atoms with van der Waals surface area (Å²) in [6.45, 7) is 3.63. The van der Waals surface area contributed by atoms with Crippen molar-refractivity contribution in [1.29, 1.82) is 0 Å². The molecule has 0 aromatic heterocycles. The van der Waals surface area contributed by atoms with Crippen molar-refractivity contribution >= 4 is 35.0 Å². The number of hydrogen-bond acceptors (Lipinski definition) is 2. The van der Waals surface area contributed by atoms with Crippen molar-refractivity contribution in [2.24, 2.45) is 0 Å². The largest absolute Gasteiger partial charge is 0.302 e. The predicted octanol–water partition coefficient (Wildman–Crippen LogP) is 3.97. The Morgan fingerprint density at radius 2 is 1.94 bits per heavy atom. The highest BCUT2D eigenvalue weighted by molar-refractivity contribution is 7.99. The maximum Gasteiger partial charge on any atom is 0.0439 e. The highest BCUT2D eigenvalue weighted by Crippen LogP contribution is 2.22. The van der Waals surface area contributed by atoms with Gasteiger partial charge in [0.2, 0.25) is 0 Å². The molecule has 0 bridgehead atoms. The molecular weight excluding hydrogens is 273 g/mol. The molecule has 0 amide bonds. The fourth-order valence-corrected chi connectivity index (χ4v) is 3.44. The molecule has 0 N–H and O–H groups in total. The molecule has 2 rings (SSSR count). The lowest BCUT2D eigenvalue weighted by Gasteiger charge is -2.26. The van der Waals surface area contributed by atoms with Gasteiger partial charge in [-0.1, -0.05) is 23.2 Å². The van der Waals surface area contributed by atoms with Gasteiger partial charge in [0, 0.05) is 34.6 Å². The summed E-state index contributed by atoms with van der Waals surface area (Å²) in [7, 11) is 0. The lowest BCUT2D eigenvalue weighted by atomic mass is 10.1. The van der Waals surface area contributed by atoms with E-state index >= 15 is 0 Å². The van der Waals surface area contributed by atoms with E-state index in [0.29, 0.717) is 0 Å². The first kappa shape index (κ1) is 13.5. The van der Waals surface area contributed by atoms with Crippen molar-refractivity contribution in [2.45, 2.75) is 12.8 Å². The number of benzene rings is 1. The molecule has 1 aliphatic rings. The summed E-state index contributed by atoms with van der Waals surface area (Å²) in [6, 6.07) is 5.71. The van der Waals surface area contributed by atoms with Crippen molar-refractivity contribution in [2.75, 3.05) is 31.1 Å². The molecule has 1 nitrogen and oxygen atoms in total. The van der Waals surface area contributed by atoms with Gasteiger partial charge < -0.3 is 4.90 Å². The summed E-state index contributed by atoms with van der Waals surface area (Å²) in [5, 5.41) is 1.61. The third-order valence-corrected chi connectivity index (χ3v) is 4.58. The summed E-state index contributed by atoms with van der Waals surface area (Å²) >= 11 is 14.2. The van der Waals surface area contributed by atoms with Crippen LogP contribution in [0.25, 0.3) is 0 Å². The average Bonchev–Trinajstić information content (AvgIpc) is 2.35. The van der Waals surface area contributed by atoms with Crippen molar-refractivity contribution in [1.82, 2.24) is 4.90 Å². The Bertz CT molecular complexity index is 364. The van der Waals surface area contributed by atoms with Gasteiger partial charge in [0.25, 0.3) is 0 Å². The minimum Gasteiger partial charge on any atom is -0.302 e. The Labute approximate surface area is 117 Å². The quantitative estimate of drug-likeness (QED) is 0.825. The summed E-state index contributed by atoms with van der Waals surface area (Å²) in [5.74, 6) is 2.55. The molecule has 0 spiro atoms. The van der Waals surface area contributed by atoms with Crippen LogP contribution in [0.2, 0.25) is 10.0 Å². The van der Waals surface area contributed by atoms with Crippen LogP contribution in [0.3, 0.4) is 0 Å². The van der Waals surface area contributed by atoms with Crippen LogP contribution in [0.15, 0.2) is 18.2 Å². The smallest absolute Gasteiger partial charge is 0.0439 e. The van der Waals surface area contributed by atoms with Crippen LogP contribution in [0.1, 0.15) is 12.0 Å². The fourth-order valence-electron chi connectivity index (χ4n) is 2.05. The van der Waals surface area contributed by atoms with Gasteiger partial charge in [-0.2, -0.15) is 11.8 Å². The standard InChI is InChI=1S/C13H17Cl2NS/c14-12-3-4-13(15)11(10-12)2-1-5-16-6-8-17-9-7-16/h3-4,10H,1-2,5-9H2. The second kappa shape index (κ2) is 6.89. The fraction of sp³-hybridized carbons (Fsp3) is 0.538. The molecule has 0 aliphatic carbocycles. The minimum absolute atomic E-state index is 0.777. The number of thioether (sulfide) groups is 1. The number of nitrogens with zero attached hydrogens (tertiary/aromatic N) is 1. The Hall–Kier alpha value is 0.110. The summed E-state index contributed by atoms with van der Waals surface area (Å²) in [5.41, 5.74) is 1.17. The lowest BCUT2D eigenvalue weighted by Crippen LogP contribution is -2.33. The monoisotopic (exact) mass is 289 g/mol. The molecule has 1 heterocycles. The third-order valence-electron chi connectivity index (χ3n) is 3.03. The Morgan fingerprint density at radius 3 is 2.71 bits per heavy atom. The number of halogens is 2. The number of rotatable bonds is 4. The first-order valence-electron chi connectivity index (χ1n) is 6.00. The van der Waals surface area contributed by atoms with E-state index in [0.717, 1.165) is 22.9 Å². The highest BCUT2D eigenvalue weighted by Gasteiger charge is 2.10. The van der Waals surface area contributed by atoms with E-state index in [1.54, 1.807) is 0 Å². The molecule has 1 saturated heterocycles. The molecule has 0 atom stereocenters. The second-order valence-corrected chi connectivity index (χ2v) is 6.36. The zero-order valence-corrected chi connectivity index (χ0v) is 12.1. The van der Waals surface area contributed by atoms with Gasteiger partial charge in [-0.25, -0.2) is 0 Å². The van der Waals surface area contributed by atoms with E-state index in [4.69, 9.17) is 23.2 Å². The molecule has 1 aromatic carbocycles. The van der Waals surface area contributed by atoms with E-state index in [1.807, 2.05) is 18.2 Å². The predicted molar refractivity (Wildman–Crippen MR) is 78.5 cm³/mol. The van der Waals surface area contributed by atoms with Crippen molar-refractivity contribution in [3.05, 3.63) is 33.8 Å². The molecule has 1 aliphatic heterocycles. The summed E-state index contributed by atoms with van der Waals surface area (Å²) in [4.78, 5) is 2.54. The molecule has 0 saturated carbocycles. The van der Waals surface area contributed by atoms with Gasteiger partial charge in [0.05, 0.1) is 0 Å². The second-order valence-electron chi connectivity index (χ2n) is 4.29. The zero-order chi connectivity index (χ0) is 12.1. The van der Waals surface area contributed by atoms with Gasteiger partial charge in [-0.05, 0) is 43.1 Å². The van der Waals surface area contributed by atoms with Crippen LogP contribution < -0.4 is 0 Å². The number of aryl methyl sites for hydroxylation is 1. The molecular formula is C13H17Cl2NS. The Morgan fingerprint density at radius 1 is 1.18 bits per heavy atom. The van der Waals surface area contributed by atoms with Crippen LogP contribution in [0.5, 0.6) is 0 Å². The van der Waals surface area contributed by atoms with Gasteiger partial charge in [0.1, 0.15) is 0 Å². The van der Waals surface area contributed by atoms with Crippen molar-refractivity contribution in [3.8, 4) is 0 Å². The topological polar surface area (TPSA) is 3.24 Å². The lowest BCUT2D eigenvalue weighted by molar-refractivity contribution is 0.299. The molecule has 4 heteroatoms. The first-order chi connectivity index (χ1) is 8.25. The van der Waals surface area contributed by atoms with Crippen LogP contribution in [0, 0.1) is 0 Å².